The third kappa shape index (κ3) is 4.19. The van der Waals surface area contributed by atoms with Crippen molar-refractivity contribution in [3.63, 3.8) is 0 Å². The van der Waals surface area contributed by atoms with Gasteiger partial charge in [-0.2, -0.15) is 5.10 Å². The van der Waals surface area contributed by atoms with Crippen molar-refractivity contribution < 1.29 is 4.79 Å². The van der Waals surface area contributed by atoms with E-state index in [1.165, 1.54) is 0 Å². The molecule has 0 bridgehead atoms. The van der Waals surface area contributed by atoms with Gasteiger partial charge < -0.3 is 11.1 Å². The minimum absolute atomic E-state index is 0.0201. The van der Waals surface area contributed by atoms with E-state index in [1.807, 2.05) is 31.6 Å². The van der Waals surface area contributed by atoms with E-state index in [0.717, 1.165) is 12.1 Å². The van der Waals surface area contributed by atoms with Crippen LogP contribution in [0.3, 0.4) is 0 Å². The molecule has 5 heteroatoms. The van der Waals surface area contributed by atoms with Gasteiger partial charge >= 0.3 is 0 Å². The van der Waals surface area contributed by atoms with Gasteiger partial charge in [0.05, 0.1) is 12.1 Å². The van der Waals surface area contributed by atoms with Gasteiger partial charge in [-0.15, -0.1) is 0 Å². The first-order chi connectivity index (χ1) is 8.06. The maximum Gasteiger partial charge on any atom is 0.224 e. The lowest BCUT2D eigenvalue weighted by Crippen LogP contribution is -2.39. The highest BCUT2D eigenvalue weighted by Gasteiger charge is 2.18. The second kappa shape index (κ2) is 6.39. The molecule has 96 valence electrons. The number of hydrogen-bond donors (Lipinski definition) is 2. The van der Waals surface area contributed by atoms with Crippen molar-refractivity contribution in [1.29, 1.82) is 0 Å². The van der Waals surface area contributed by atoms with E-state index in [4.69, 9.17) is 5.73 Å². The summed E-state index contributed by atoms with van der Waals surface area (Å²) in [7, 11) is 0. The Balaban J connectivity index is 2.59. The molecule has 1 unspecified atom stereocenters. The first-order valence-electron chi connectivity index (χ1n) is 6.08. The summed E-state index contributed by atoms with van der Waals surface area (Å²) in [5.41, 5.74) is 6.71. The van der Waals surface area contributed by atoms with Gasteiger partial charge in [0.1, 0.15) is 0 Å². The maximum absolute atomic E-state index is 11.8. The highest BCUT2D eigenvalue weighted by atomic mass is 16.1. The van der Waals surface area contributed by atoms with Gasteiger partial charge in [-0.3, -0.25) is 9.48 Å². The van der Waals surface area contributed by atoms with E-state index in [9.17, 15) is 4.79 Å². The van der Waals surface area contributed by atoms with Crippen LogP contribution < -0.4 is 11.1 Å². The number of nitrogens with two attached hydrogens (primary N) is 1. The highest BCUT2D eigenvalue weighted by molar-refractivity contribution is 5.79. The van der Waals surface area contributed by atoms with Gasteiger partial charge in [0.25, 0.3) is 0 Å². The minimum atomic E-state index is -0.174. The fourth-order valence-electron chi connectivity index (χ4n) is 1.65. The zero-order valence-corrected chi connectivity index (χ0v) is 10.8. The molecular formula is C12H22N4O. The Morgan fingerprint density at radius 1 is 1.59 bits per heavy atom. The Kier molecular flexibility index (Phi) is 5.15. The van der Waals surface area contributed by atoms with Crippen LogP contribution in [-0.4, -0.2) is 28.3 Å². The van der Waals surface area contributed by atoms with Crippen LogP contribution in [0.25, 0.3) is 0 Å². The summed E-state index contributed by atoms with van der Waals surface area (Å²) in [6.45, 7) is 7.12. The Morgan fingerprint density at radius 3 is 2.76 bits per heavy atom. The number of aromatic nitrogens is 2. The van der Waals surface area contributed by atoms with E-state index >= 15 is 0 Å². The molecule has 1 atom stereocenters. The molecule has 0 aliphatic heterocycles. The van der Waals surface area contributed by atoms with Crippen molar-refractivity contribution in [1.82, 2.24) is 15.1 Å². The molecular weight excluding hydrogens is 216 g/mol. The Morgan fingerprint density at radius 2 is 2.29 bits per heavy atom. The quantitative estimate of drug-likeness (QED) is 0.760. The lowest BCUT2D eigenvalue weighted by Gasteiger charge is -2.16. The molecule has 0 saturated heterocycles. The SMILES string of the molecule is CCn1cc(CC(CN)C(=O)NC(C)C)cn1. The summed E-state index contributed by atoms with van der Waals surface area (Å²) >= 11 is 0. The number of aryl methyl sites for hydroxylation is 1. The van der Waals surface area contributed by atoms with Gasteiger partial charge in [-0.05, 0) is 32.8 Å². The Bertz CT molecular complexity index is 359. The van der Waals surface area contributed by atoms with Gasteiger partial charge in [-0.1, -0.05) is 0 Å². The molecule has 1 aromatic rings. The molecule has 17 heavy (non-hydrogen) atoms. The molecule has 0 aromatic carbocycles. The number of amides is 1. The smallest absolute Gasteiger partial charge is 0.224 e. The number of rotatable bonds is 6. The predicted molar refractivity (Wildman–Crippen MR) is 67.4 cm³/mol. The fraction of sp³-hybridized carbons (Fsp3) is 0.667. The molecule has 5 nitrogen and oxygen atoms in total. The van der Waals surface area contributed by atoms with Crippen LogP contribution in [0.2, 0.25) is 0 Å². The molecule has 0 saturated carbocycles. The van der Waals surface area contributed by atoms with Crippen molar-refractivity contribution in [3.8, 4) is 0 Å². The number of hydrogen-bond acceptors (Lipinski definition) is 3. The second-order valence-corrected chi connectivity index (χ2v) is 4.50. The van der Waals surface area contributed by atoms with Crippen molar-refractivity contribution in [3.05, 3.63) is 18.0 Å². The third-order valence-corrected chi connectivity index (χ3v) is 2.58. The van der Waals surface area contributed by atoms with Crippen molar-refractivity contribution in [2.45, 2.75) is 39.8 Å². The summed E-state index contributed by atoms with van der Waals surface area (Å²) in [6, 6.07) is 0.148. The predicted octanol–water partition coefficient (Wildman–Crippen LogP) is 0.545. The van der Waals surface area contributed by atoms with E-state index in [-0.39, 0.29) is 17.9 Å². The summed E-state index contributed by atoms with van der Waals surface area (Å²) in [5, 5.41) is 7.08. The van der Waals surface area contributed by atoms with Gasteiger partial charge in [0.2, 0.25) is 5.91 Å². The molecule has 0 radical (unpaired) electrons. The average Bonchev–Trinajstić information content (AvgIpc) is 2.72. The Hall–Kier alpha value is -1.36. The molecule has 0 aliphatic carbocycles. The van der Waals surface area contributed by atoms with Crippen molar-refractivity contribution in [2.24, 2.45) is 11.7 Å². The molecule has 1 heterocycles. The van der Waals surface area contributed by atoms with E-state index in [1.54, 1.807) is 6.20 Å². The molecule has 0 fully saturated rings. The van der Waals surface area contributed by atoms with Crippen LogP contribution in [-0.2, 0) is 17.8 Å². The standard InChI is InChI=1S/C12H22N4O/c1-4-16-8-10(7-14-16)5-11(6-13)12(17)15-9(2)3/h7-9,11H,4-6,13H2,1-3H3,(H,15,17). The first kappa shape index (κ1) is 13.7. The Labute approximate surface area is 102 Å². The lowest BCUT2D eigenvalue weighted by molar-refractivity contribution is -0.125. The maximum atomic E-state index is 11.8. The van der Waals surface area contributed by atoms with E-state index in [0.29, 0.717) is 13.0 Å². The average molecular weight is 238 g/mol. The number of carbonyl (C=O) groups is 1. The second-order valence-electron chi connectivity index (χ2n) is 4.50. The number of carbonyl (C=O) groups excluding carboxylic acids is 1. The van der Waals surface area contributed by atoms with E-state index < -0.39 is 0 Å². The molecule has 0 aliphatic rings. The monoisotopic (exact) mass is 238 g/mol. The van der Waals surface area contributed by atoms with Gasteiger partial charge in [-0.25, -0.2) is 0 Å². The molecule has 1 amide bonds. The van der Waals surface area contributed by atoms with Crippen LogP contribution >= 0.6 is 0 Å². The summed E-state index contributed by atoms with van der Waals surface area (Å²) in [6.07, 6.45) is 4.41. The summed E-state index contributed by atoms with van der Waals surface area (Å²) < 4.78 is 1.85. The summed E-state index contributed by atoms with van der Waals surface area (Å²) in [5.74, 6) is -0.154. The normalized spacial score (nSPS) is 12.8. The van der Waals surface area contributed by atoms with Crippen LogP contribution in [0.15, 0.2) is 12.4 Å². The van der Waals surface area contributed by atoms with Gasteiger partial charge in [0.15, 0.2) is 0 Å². The topological polar surface area (TPSA) is 72.9 Å². The zero-order chi connectivity index (χ0) is 12.8. The third-order valence-electron chi connectivity index (χ3n) is 2.58. The van der Waals surface area contributed by atoms with Gasteiger partial charge in [0, 0.05) is 25.3 Å². The van der Waals surface area contributed by atoms with Crippen LogP contribution in [0, 0.1) is 5.92 Å². The first-order valence-corrected chi connectivity index (χ1v) is 6.08. The molecule has 1 aromatic heterocycles. The highest BCUT2D eigenvalue weighted by Crippen LogP contribution is 2.08. The molecule has 1 rings (SSSR count). The lowest BCUT2D eigenvalue weighted by atomic mass is 10.0. The van der Waals surface area contributed by atoms with Crippen LogP contribution in [0.5, 0.6) is 0 Å². The molecule has 3 N–H and O–H groups in total. The zero-order valence-electron chi connectivity index (χ0n) is 10.8. The summed E-state index contributed by atoms with van der Waals surface area (Å²) in [4.78, 5) is 11.8. The van der Waals surface area contributed by atoms with E-state index in [2.05, 4.69) is 10.4 Å². The fourth-order valence-corrected chi connectivity index (χ4v) is 1.65. The largest absolute Gasteiger partial charge is 0.354 e. The number of nitrogens with zero attached hydrogens (tertiary/aromatic N) is 2. The minimum Gasteiger partial charge on any atom is -0.354 e. The van der Waals surface area contributed by atoms with Crippen LogP contribution in [0.1, 0.15) is 26.3 Å². The van der Waals surface area contributed by atoms with Crippen LogP contribution in [0.4, 0.5) is 0 Å². The number of nitrogens with one attached hydrogen (secondary N) is 1. The molecule has 0 spiro atoms. The van der Waals surface area contributed by atoms with Crippen molar-refractivity contribution >= 4 is 5.91 Å². The van der Waals surface area contributed by atoms with Crippen molar-refractivity contribution in [2.75, 3.05) is 6.54 Å².